The number of aromatic nitrogens is 1. The highest BCUT2D eigenvalue weighted by molar-refractivity contribution is 6.14. The molecule has 0 bridgehead atoms. The summed E-state index contributed by atoms with van der Waals surface area (Å²) in [6, 6.07) is 21.4. The van der Waals surface area contributed by atoms with Crippen molar-refractivity contribution in [2.45, 2.75) is 13.1 Å². The van der Waals surface area contributed by atoms with E-state index in [0.717, 1.165) is 23.0 Å². The molecule has 0 unspecified atom stereocenters. The lowest BCUT2D eigenvalue weighted by Gasteiger charge is -2.12. The van der Waals surface area contributed by atoms with Gasteiger partial charge in [-0.1, -0.05) is 72.8 Å². The van der Waals surface area contributed by atoms with Crippen LogP contribution in [0.15, 0.2) is 78.9 Å². The smallest absolute Gasteiger partial charge is 0.289 e. The number of carbonyl (C=O) groups is 1. The molecule has 0 saturated heterocycles. The predicted octanol–water partition coefficient (Wildman–Crippen LogP) is 6.96. The van der Waals surface area contributed by atoms with Crippen LogP contribution in [0.25, 0.3) is 23.1 Å². The van der Waals surface area contributed by atoms with E-state index in [9.17, 15) is 18.0 Å². The average Bonchev–Trinajstić information content (AvgIpc) is 2.77. The van der Waals surface area contributed by atoms with E-state index < -0.39 is 11.7 Å². The van der Waals surface area contributed by atoms with Gasteiger partial charge in [-0.15, -0.1) is 0 Å². The van der Waals surface area contributed by atoms with Gasteiger partial charge in [-0.25, -0.2) is 0 Å². The van der Waals surface area contributed by atoms with Crippen LogP contribution in [0.3, 0.4) is 0 Å². The number of ketones is 1. The first-order valence-electron chi connectivity index (χ1n) is 9.69. The van der Waals surface area contributed by atoms with E-state index in [1.165, 1.54) is 12.1 Å². The number of benzene rings is 3. The number of hydrogen-bond acceptors (Lipinski definition) is 2. The number of nitrogens with zero attached hydrogens (tertiary/aromatic N) is 1. The number of fused-ring (bicyclic) bond motifs is 1. The van der Waals surface area contributed by atoms with Crippen LogP contribution in [0.4, 0.5) is 13.2 Å². The highest BCUT2D eigenvalue weighted by Gasteiger charge is 2.29. The molecule has 0 atom stereocenters. The van der Waals surface area contributed by atoms with Crippen LogP contribution in [0.2, 0.25) is 0 Å². The second kappa shape index (κ2) is 8.19. The summed E-state index contributed by atoms with van der Waals surface area (Å²) >= 11 is 0. The van der Waals surface area contributed by atoms with Crippen molar-refractivity contribution < 1.29 is 18.0 Å². The minimum atomic E-state index is -4.38. The van der Waals surface area contributed by atoms with Gasteiger partial charge in [-0.3, -0.25) is 9.78 Å². The molecule has 0 aliphatic heterocycles. The van der Waals surface area contributed by atoms with Crippen molar-refractivity contribution in [3.8, 4) is 0 Å². The first kappa shape index (κ1) is 20.5. The van der Waals surface area contributed by atoms with Crippen molar-refractivity contribution in [3.63, 3.8) is 0 Å². The molecule has 4 aromatic rings. The van der Waals surface area contributed by atoms with Crippen LogP contribution >= 0.6 is 0 Å². The van der Waals surface area contributed by atoms with Crippen molar-refractivity contribution in [1.29, 1.82) is 0 Å². The molecule has 0 amide bonds. The molecular weight excluding hydrogens is 399 g/mol. The molecule has 0 N–H and O–H groups in total. The van der Waals surface area contributed by atoms with Gasteiger partial charge in [0.1, 0.15) is 0 Å². The fourth-order valence-electron chi connectivity index (χ4n) is 3.52. The molecule has 0 aliphatic carbocycles. The predicted molar refractivity (Wildman–Crippen MR) is 117 cm³/mol. The molecule has 0 fully saturated rings. The Morgan fingerprint density at radius 2 is 1.48 bits per heavy atom. The molecule has 0 spiro atoms. The van der Waals surface area contributed by atoms with E-state index in [0.29, 0.717) is 27.9 Å². The Balaban J connectivity index is 1.84. The Labute approximate surface area is 177 Å². The number of carbonyl (C=O) groups excluding carboxylic acids is 1. The Morgan fingerprint density at radius 3 is 2.16 bits per heavy atom. The Kier molecular flexibility index (Phi) is 5.42. The first-order chi connectivity index (χ1) is 14.8. The summed E-state index contributed by atoms with van der Waals surface area (Å²) in [5, 5.41) is 0.801. The lowest BCUT2D eigenvalue weighted by atomic mass is 9.93. The Morgan fingerprint density at radius 1 is 0.839 bits per heavy atom. The van der Waals surface area contributed by atoms with Crippen LogP contribution in [0.5, 0.6) is 0 Å². The summed E-state index contributed by atoms with van der Waals surface area (Å²) in [6.07, 6.45) is -0.894. The molecule has 2 nitrogen and oxygen atoms in total. The normalized spacial score (nSPS) is 11.9. The van der Waals surface area contributed by atoms with Crippen LogP contribution in [0, 0.1) is 6.92 Å². The number of alkyl halides is 3. The van der Waals surface area contributed by atoms with Gasteiger partial charge in [0, 0.05) is 16.6 Å². The maximum absolute atomic E-state index is 13.3. The third-order valence-corrected chi connectivity index (χ3v) is 5.06. The van der Waals surface area contributed by atoms with E-state index in [1.54, 1.807) is 43.3 Å². The standard InChI is InChI=1S/C26H18F3NO/c1-17-24(25(31)19-7-3-2-4-8-19)22(21-9-5-6-10-23(21)30-17)16-13-18-11-14-20(15-12-18)26(27,28)29/h2-16H,1H3/b16-13+. The van der Waals surface area contributed by atoms with Crippen LogP contribution in [-0.2, 0) is 6.18 Å². The quantitative estimate of drug-likeness (QED) is 0.336. The fourth-order valence-corrected chi connectivity index (χ4v) is 3.52. The molecule has 5 heteroatoms. The van der Waals surface area contributed by atoms with Crippen LogP contribution < -0.4 is 0 Å². The summed E-state index contributed by atoms with van der Waals surface area (Å²) < 4.78 is 38.5. The largest absolute Gasteiger partial charge is 0.416 e. The highest BCUT2D eigenvalue weighted by atomic mass is 19.4. The summed E-state index contributed by atoms with van der Waals surface area (Å²) in [5.41, 5.74) is 2.97. The number of halogens is 3. The molecule has 0 aliphatic rings. The fraction of sp³-hybridized carbons (Fsp3) is 0.0769. The van der Waals surface area contributed by atoms with Crippen molar-refractivity contribution in [1.82, 2.24) is 4.98 Å². The first-order valence-corrected chi connectivity index (χ1v) is 9.69. The summed E-state index contributed by atoms with van der Waals surface area (Å²) in [6.45, 7) is 1.79. The summed E-state index contributed by atoms with van der Waals surface area (Å²) in [5.74, 6) is -0.150. The van der Waals surface area contributed by atoms with Gasteiger partial charge < -0.3 is 0 Å². The van der Waals surface area contributed by atoms with Gasteiger partial charge in [0.05, 0.1) is 16.6 Å². The van der Waals surface area contributed by atoms with E-state index in [1.807, 2.05) is 30.3 Å². The third kappa shape index (κ3) is 4.26. The second-order valence-electron chi connectivity index (χ2n) is 7.15. The molecular formula is C26H18F3NO. The SMILES string of the molecule is Cc1nc2ccccc2c(/C=C/c2ccc(C(F)(F)F)cc2)c1C(=O)c1ccccc1. The highest BCUT2D eigenvalue weighted by Crippen LogP contribution is 2.30. The zero-order valence-electron chi connectivity index (χ0n) is 16.6. The van der Waals surface area contributed by atoms with Gasteiger partial charge in [-0.2, -0.15) is 13.2 Å². The van der Waals surface area contributed by atoms with E-state index >= 15 is 0 Å². The van der Waals surface area contributed by atoms with Gasteiger partial charge in [-0.05, 0) is 36.2 Å². The molecule has 0 saturated carbocycles. The minimum absolute atomic E-state index is 0.150. The number of aryl methyl sites for hydroxylation is 1. The van der Waals surface area contributed by atoms with E-state index in [4.69, 9.17) is 0 Å². The minimum Gasteiger partial charge on any atom is -0.289 e. The van der Waals surface area contributed by atoms with Crippen molar-refractivity contribution >= 4 is 28.8 Å². The van der Waals surface area contributed by atoms with Gasteiger partial charge in [0.25, 0.3) is 0 Å². The number of hydrogen-bond donors (Lipinski definition) is 0. The Hall–Kier alpha value is -3.73. The molecule has 154 valence electrons. The zero-order valence-corrected chi connectivity index (χ0v) is 16.6. The van der Waals surface area contributed by atoms with Gasteiger partial charge >= 0.3 is 6.18 Å². The Bertz CT molecular complexity index is 1270. The second-order valence-corrected chi connectivity index (χ2v) is 7.15. The number of pyridine rings is 1. The van der Waals surface area contributed by atoms with Crippen LogP contribution in [0.1, 0.15) is 38.3 Å². The third-order valence-electron chi connectivity index (χ3n) is 5.06. The molecule has 0 radical (unpaired) electrons. The zero-order chi connectivity index (χ0) is 22.0. The lowest BCUT2D eigenvalue weighted by Crippen LogP contribution is -2.08. The van der Waals surface area contributed by atoms with E-state index in [-0.39, 0.29) is 5.78 Å². The topological polar surface area (TPSA) is 30.0 Å². The maximum Gasteiger partial charge on any atom is 0.416 e. The van der Waals surface area contributed by atoms with Gasteiger partial charge in [0.15, 0.2) is 5.78 Å². The summed E-state index contributed by atoms with van der Waals surface area (Å²) in [7, 11) is 0. The van der Waals surface area contributed by atoms with Gasteiger partial charge in [0.2, 0.25) is 0 Å². The molecule has 1 heterocycles. The molecule has 31 heavy (non-hydrogen) atoms. The van der Waals surface area contributed by atoms with E-state index in [2.05, 4.69) is 4.98 Å². The van der Waals surface area contributed by atoms with Crippen LogP contribution in [-0.4, -0.2) is 10.8 Å². The monoisotopic (exact) mass is 417 g/mol. The molecule has 1 aromatic heterocycles. The maximum atomic E-state index is 13.3. The number of rotatable bonds is 4. The van der Waals surface area contributed by atoms with Crippen molar-refractivity contribution in [2.75, 3.05) is 0 Å². The van der Waals surface area contributed by atoms with Crippen molar-refractivity contribution in [2.24, 2.45) is 0 Å². The summed E-state index contributed by atoms with van der Waals surface area (Å²) in [4.78, 5) is 17.9. The van der Waals surface area contributed by atoms with Crippen molar-refractivity contribution in [3.05, 3.63) is 112 Å². The number of para-hydroxylation sites is 1. The lowest BCUT2D eigenvalue weighted by molar-refractivity contribution is -0.137. The average molecular weight is 417 g/mol. The molecule has 3 aromatic carbocycles. The molecule has 4 rings (SSSR count).